The molecular weight excluding hydrogens is 413 g/mol. The monoisotopic (exact) mass is 427 g/mol. The number of aliphatic hydroxyl groups is 1. The first-order valence-electron chi connectivity index (χ1n) is 6.88. The molecule has 0 fully saturated rings. The van der Waals surface area contributed by atoms with Crippen molar-refractivity contribution in [2.45, 2.75) is 6.10 Å². The van der Waals surface area contributed by atoms with Gasteiger partial charge in [0.25, 0.3) is 0 Å². The van der Waals surface area contributed by atoms with Crippen LogP contribution in [0.15, 0.2) is 48.8 Å². The molecule has 0 amide bonds. The molecule has 2 aromatic heterocycles. The first kappa shape index (κ1) is 15.6. The van der Waals surface area contributed by atoms with Crippen molar-refractivity contribution in [3.63, 3.8) is 0 Å². The number of anilines is 1. The number of nitrogens with zero attached hydrogens (tertiary/aromatic N) is 2. The van der Waals surface area contributed by atoms with Crippen molar-refractivity contribution in [1.29, 1.82) is 0 Å². The molecule has 0 bridgehead atoms. The van der Waals surface area contributed by atoms with Gasteiger partial charge in [-0.2, -0.15) is 0 Å². The summed E-state index contributed by atoms with van der Waals surface area (Å²) in [4.78, 5) is 4.64. The van der Waals surface area contributed by atoms with Crippen LogP contribution in [-0.2, 0) is 0 Å². The van der Waals surface area contributed by atoms with Gasteiger partial charge in [0.15, 0.2) is 0 Å². The van der Waals surface area contributed by atoms with Crippen molar-refractivity contribution in [2.24, 2.45) is 0 Å². The number of alkyl halides is 1. The third-order valence-electron chi connectivity index (χ3n) is 3.29. The molecule has 0 radical (unpaired) electrons. The highest BCUT2D eigenvalue weighted by Gasteiger charge is 2.06. The second kappa shape index (κ2) is 6.85. The van der Waals surface area contributed by atoms with Gasteiger partial charge in [-0.1, -0.05) is 12.1 Å². The van der Waals surface area contributed by atoms with Gasteiger partial charge < -0.3 is 14.8 Å². The highest BCUT2D eigenvalue weighted by molar-refractivity contribution is 14.1. The molecule has 3 rings (SSSR count). The molecule has 6 heteroatoms. The lowest BCUT2D eigenvalue weighted by Gasteiger charge is -2.10. The Morgan fingerprint density at radius 3 is 2.95 bits per heavy atom. The van der Waals surface area contributed by atoms with Gasteiger partial charge >= 0.3 is 0 Å². The zero-order valence-corrected chi connectivity index (χ0v) is 14.6. The molecule has 1 aromatic carbocycles. The van der Waals surface area contributed by atoms with Crippen LogP contribution in [0.3, 0.4) is 0 Å². The van der Waals surface area contributed by atoms with E-state index < -0.39 is 6.10 Å². The minimum absolute atomic E-state index is 0.220. The first-order valence-corrected chi connectivity index (χ1v) is 8.49. The second-order valence-electron chi connectivity index (χ2n) is 5.01. The topological polar surface area (TPSA) is 49.6 Å². The number of rotatable bonds is 5. The molecular formula is C16H15ClIN3O. The maximum absolute atomic E-state index is 9.52. The summed E-state index contributed by atoms with van der Waals surface area (Å²) in [5, 5.41) is 12.7. The molecule has 2 heterocycles. The van der Waals surface area contributed by atoms with Gasteiger partial charge in [0.1, 0.15) is 5.65 Å². The summed E-state index contributed by atoms with van der Waals surface area (Å²) < 4.78 is 3.19. The molecule has 1 unspecified atom stereocenters. The molecule has 0 aliphatic carbocycles. The number of halogens is 2. The lowest BCUT2D eigenvalue weighted by molar-refractivity contribution is 0.211. The molecule has 1 atom stereocenters. The summed E-state index contributed by atoms with van der Waals surface area (Å²) in [5.74, 6) is 0.220. The Bertz CT molecular complexity index is 790. The fraction of sp³-hybridized carbons (Fsp3) is 0.188. The van der Waals surface area contributed by atoms with Gasteiger partial charge in [-0.25, -0.2) is 4.98 Å². The SMILES string of the molecule is OC(CCl)CNc1cccc(-c2cn3cc(I)ccc3n2)c1. The van der Waals surface area contributed by atoms with Gasteiger partial charge in [0, 0.05) is 33.8 Å². The summed E-state index contributed by atoms with van der Waals surface area (Å²) >= 11 is 7.88. The normalized spacial score (nSPS) is 12.5. The van der Waals surface area contributed by atoms with Crippen LogP contribution in [0.5, 0.6) is 0 Å². The predicted molar refractivity (Wildman–Crippen MR) is 98.6 cm³/mol. The Morgan fingerprint density at radius 2 is 2.14 bits per heavy atom. The molecule has 0 saturated heterocycles. The number of hydrogen-bond donors (Lipinski definition) is 2. The minimum Gasteiger partial charge on any atom is -0.390 e. The zero-order chi connectivity index (χ0) is 15.5. The van der Waals surface area contributed by atoms with E-state index in [1.807, 2.05) is 53.2 Å². The maximum atomic E-state index is 9.52. The number of nitrogens with one attached hydrogen (secondary N) is 1. The number of benzene rings is 1. The van der Waals surface area contributed by atoms with E-state index in [9.17, 15) is 5.11 Å². The summed E-state index contributed by atoms with van der Waals surface area (Å²) in [7, 11) is 0. The Kier molecular flexibility index (Phi) is 4.85. The highest BCUT2D eigenvalue weighted by Crippen LogP contribution is 2.23. The van der Waals surface area contributed by atoms with Crippen LogP contribution < -0.4 is 5.32 Å². The molecule has 114 valence electrons. The van der Waals surface area contributed by atoms with E-state index in [1.54, 1.807) is 0 Å². The zero-order valence-electron chi connectivity index (χ0n) is 11.7. The molecule has 0 spiro atoms. The van der Waals surface area contributed by atoms with Crippen LogP contribution >= 0.6 is 34.2 Å². The van der Waals surface area contributed by atoms with Gasteiger partial charge in [-0.3, -0.25) is 0 Å². The smallest absolute Gasteiger partial charge is 0.137 e. The molecule has 3 aromatic rings. The van der Waals surface area contributed by atoms with Crippen molar-refractivity contribution in [3.8, 4) is 11.3 Å². The quantitative estimate of drug-likeness (QED) is 0.483. The number of aromatic nitrogens is 2. The van der Waals surface area contributed by atoms with E-state index in [2.05, 4.69) is 32.9 Å². The van der Waals surface area contributed by atoms with Crippen LogP contribution in [0.2, 0.25) is 0 Å². The van der Waals surface area contributed by atoms with E-state index in [4.69, 9.17) is 11.6 Å². The van der Waals surface area contributed by atoms with Crippen LogP contribution in [0.25, 0.3) is 16.9 Å². The van der Waals surface area contributed by atoms with E-state index in [0.717, 1.165) is 22.6 Å². The summed E-state index contributed by atoms with van der Waals surface area (Å²) in [6, 6.07) is 12.0. The Hall–Kier alpha value is -1.31. The summed E-state index contributed by atoms with van der Waals surface area (Å²) in [6.07, 6.45) is 3.51. The van der Waals surface area contributed by atoms with Crippen LogP contribution in [0.4, 0.5) is 5.69 Å². The number of hydrogen-bond acceptors (Lipinski definition) is 3. The number of imidazole rings is 1. The first-order chi connectivity index (χ1) is 10.7. The van der Waals surface area contributed by atoms with Crippen molar-refractivity contribution >= 4 is 45.5 Å². The molecule has 0 aliphatic heterocycles. The Morgan fingerprint density at radius 1 is 1.27 bits per heavy atom. The average Bonchev–Trinajstić information content (AvgIpc) is 2.96. The standard InChI is InChI=1S/C16H15ClIN3O/c17-7-14(22)8-19-13-3-1-2-11(6-13)15-10-21-9-12(18)4-5-16(21)20-15/h1-6,9-10,14,19,22H,7-8H2. The minimum atomic E-state index is -0.553. The van der Waals surface area contributed by atoms with Crippen molar-refractivity contribution in [3.05, 3.63) is 52.4 Å². The predicted octanol–water partition coefficient (Wildman–Crippen LogP) is 3.62. The summed E-state index contributed by atoms with van der Waals surface area (Å²) in [6.45, 7) is 0.427. The van der Waals surface area contributed by atoms with E-state index in [0.29, 0.717) is 6.54 Å². The van der Waals surface area contributed by atoms with Crippen LogP contribution in [-0.4, -0.2) is 33.0 Å². The molecule has 0 aliphatic rings. The Balaban J connectivity index is 1.86. The lowest BCUT2D eigenvalue weighted by atomic mass is 10.1. The number of pyridine rings is 1. The van der Waals surface area contributed by atoms with E-state index in [1.165, 1.54) is 3.57 Å². The largest absolute Gasteiger partial charge is 0.390 e. The van der Waals surface area contributed by atoms with Crippen molar-refractivity contribution in [1.82, 2.24) is 9.38 Å². The van der Waals surface area contributed by atoms with Gasteiger partial charge in [-0.05, 0) is 46.9 Å². The third kappa shape index (κ3) is 3.53. The average molecular weight is 428 g/mol. The van der Waals surface area contributed by atoms with Gasteiger partial charge in [0.2, 0.25) is 0 Å². The third-order valence-corrected chi connectivity index (χ3v) is 4.29. The summed E-state index contributed by atoms with van der Waals surface area (Å²) in [5.41, 5.74) is 3.81. The molecule has 2 N–H and O–H groups in total. The maximum Gasteiger partial charge on any atom is 0.137 e. The van der Waals surface area contributed by atoms with Crippen molar-refractivity contribution in [2.75, 3.05) is 17.7 Å². The van der Waals surface area contributed by atoms with Crippen LogP contribution in [0.1, 0.15) is 0 Å². The second-order valence-corrected chi connectivity index (χ2v) is 6.56. The highest BCUT2D eigenvalue weighted by atomic mass is 127. The number of aliphatic hydroxyl groups excluding tert-OH is 1. The van der Waals surface area contributed by atoms with Gasteiger partial charge in [0.05, 0.1) is 17.7 Å². The number of fused-ring (bicyclic) bond motifs is 1. The van der Waals surface area contributed by atoms with Crippen molar-refractivity contribution < 1.29 is 5.11 Å². The van der Waals surface area contributed by atoms with Crippen LogP contribution in [0, 0.1) is 3.57 Å². The van der Waals surface area contributed by atoms with E-state index >= 15 is 0 Å². The lowest BCUT2D eigenvalue weighted by Crippen LogP contribution is -2.20. The molecule has 0 saturated carbocycles. The molecule has 22 heavy (non-hydrogen) atoms. The fourth-order valence-corrected chi connectivity index (χ4v) is 2.77. The van der Waals surface area contributed by atoms with E-state index in [-0.39, 0.29) is 5.88 Å². The molecule has 4 nitrogen and oxygen atoms in total. The fourth-order valence-electron chi connectivity index (χ4n) is 2.18. The Labute approximate surface area is 147 Å². The van der Waals surface area contributed by atoms with Gasteiger partial charge in [-0.15, -0.1) is 11.6 Å².